The van der Waals surface area contributed by atoms with Crippen LogP contribution in [0.1, 0.15) is 0 Å². The molecular formula is C14H12FeN2-2. The molecule has 1 aromatic heterocycles. The van der Waals surface area contributed by atoms with Crippen LogP contribution in [0.5, 0.6) is 0 Å². The molecule has 0 N–H and O–H groups in total. The van der Waals surface area contributed by atoms with Crippen molar-refractivity contribution in [1.29, 1.82) is 0 Å². The molecule has 2 nitrogen and oxygen atoms in total. The third-order valence-electron chi connectivity index (χ3n) is 2.11. The van der Waals surface area contributed by atoms with E-state index in [1.54, 1.807) is 0 Å². The van der Waals surface area contributed by atoms with Crippen LogP contribution in [0.15, 0.2) is 73.3 Å². The van der Waals surface area contributed by atoms with E-state index in [0.29, 0.717) is 0 Å². The van der Waals surface area contributed by atoms with Crippen molar-refractivity contribution in [1.82, 2.24) is 9.97 Å². The zero-order valence-electron chi connectivity index (χ0n) is 9.18. The summed E-state index contributed by atoms with van der Waals surface area (Å²) in [5.74, 6) is 0. The molecular weight excluding hydrogens is 252 g/mol. The molecule has 0 fully saturated rings. The summed E-state index contributed by atoms with van der Waals surface area (Å²) < 4.78 is 0. The van der Waals surface area contributed by atoms with Gasteiger partial charge in [0.05, 0.1) is 6.33 Å². The summed E-state index contributed by atoms with van der Waals surface area (Å²) in [6.07, 6.45) is 5.15. The predicted molar refractivity (Wildman–Crippen MR) is 65.1 cm³/mol. The summed E-state index contributed by atoms with van der Waals surface area (Å²) in [7, 11) is 0. The van der Waals surface area contributed by atoms with Crippen LogP contribution in [0.3, 0.4) is 0 Å². The van der Waals surface area contributed by atoms with Gasteiger partial charge in [0.2, 0.25) is 0 Å². The molecule has 0 aliphatic rings. The molecule has 0 aliphatic heterocycles. The van der Waals surface area contributed by atoms with Crippen LogP contribution in [0.25, 0.3) is 11.1 Å². The van der Waals surface area contributed by atoms with Gasteiger partial charge in [-0.3, -0.25) is 9.97 Å². The fourth-order valence-corrected chi connectivity index (χ4v) is 1.34. The second-order valence-electron chi connectivity index (χ2n) is 3.26. The van der Waals surface area contributed by atoms with Crippen molar-refractivity contribution in [3.63, 3.8) is 0 Å². The van der Waals surface area contributed by atoms with Crippen molar-refractivity contribution in [2.24, 2.45) is 0 Å². The van der Waals surface area contributed by atoms with Crippen molar-refractivity contribution < 1.29 is 17.1 Å². The molecule has 3 heteroatoms. The Morgan fingerprint density at radius 3 is 1.94 bits per heavy atom. The van der Waals surface area contributed by atoms with E-state index in [0.717, 1.165) is 5.56 Å². The van der Waals surface area contributed by atoms with Gasteiger partial charge in [-0.15, -0.1) is 12.1 Å². The van der Waals surface area contributed by atoms with Gasteiger partial charge in [0.15, 0.2) is 0 Å². The van der Waals surface area contributed by atoms with Crippen LogP contribution in [0.2, 0.25) is 0 Å². The van der Waals surface area contributed by atoms with E-state index >= 15 is 0 Å². The van der Waals surface area contributed by atoms with Gasteiger partial charge in [-0.25, -0.2) is 12.1 Å². The number of hydrogen-bond donors (Lipinski definition) is 0. The maximum Gasteiger partial charge on any atom is 0.0975 e. The van der Waals surface area contributed by atoms with Gasteiger partial charge in [0.1, 0.15) is 0 Å². The Morgan fingerprint density at radius 2 is 1.47 bits per heavy atom. The van der Waals surface area contributed by atoms with Crippen LogP contribution in [0, 0.1) is 0 Å². The van der Waals surface area contributed by atoms with Crippen molar-refractivity contribution in [3.05, 3.63) is 73.3 Å². The first-order valence-electron chi connectivity index (χ1n) is 5.10. The fraction of sp³-hybridized carbons (Fsp3) is 0. The second kappa shape index (κ2) is 7.55. The van der Waals surface area contributed by atoms with E-state index in [4.69, 9.17) is 0 Å². The van der Waals surface area contributed by atoms with E-state index in [1.165, 1.54) is 11.9 Å². The van der Waals surface area contributed by atoms with Crippen LogP contribution >= 0.6 is 0 Å². The molecule has 3 rings (SSSR count). The molecule has 0 saturated heterocycles. The molecule has 0 atom stereocenters. The maximum atomic E-state index is 3.93. The van der Waals surface area contributed by atoms with Crippen LogP contribution in [-0.4, -0.2) is 9.97 Å². The average Bonchev–Trinajstić information content (AvgIpc) is 3.07. The Hall–Kier alpha value is -1.70. The monoisotopic (exact) mass is 264 g/mol. The standard InChI is InChI=1S/C9H7N2.C5H5.Fe/c1-2-4-8(3-1)9-5-10-7-11-6-9;1-2-4-5-3-1;/h1-7H;1-5H;/q2*-1;. The van der Waals surface area contributed by atoms with Crippen LogP contribution in [0.4, 0.5) is 0 Å². The largest absolute Gasteiger partial charge is 0.284 e. The van der Waals surface area contributed by atoms with Crippen molar-refractivity contribution in [2.75, 3.05) is 0 Å². The van der Waals surface area contributed by atoms with E-state index in [2.05, 4.69) is 9.97 Å². The van der Waals surface area contributed by atoms with Gasteiger partial charge < -0.3 is 0 Å². The van der Waals surface area contributed by atoms with E-state index in [-0.39, 0.29) is 17.1 Å². The Labute approximate surface area is 112 Å². The fourth-order valence-electron chi connectivity index (χ4n) is 1.34. The van der Waals surface area contributed by atoms with E-state index < -0.39 is 0 Å². The first-order chi connectivity index (χ1) is 7.97. The minimum Gasteiger partial charge on any atom is -0.284 e. The van der Waals surface area contributed by atoms with Crippen LogP contribution < -0.4 is 0 Å². The van der Waals surface area contributed by atoms with Gasteiger partial charge in [0, 0.05) is 17.1 Å². The summed E-state index contributed by atoms with van der Waals surface area (Å²) in [4.78, 5) is 7.86. The molecule has 0 spiro atoms. The molecule has 0 aliphatic carbocycles. The van der Waals surface area contributed by atoms with Crippen molar-refractivity contribution in [3.8, 4) is 11.1 Å². The summed E-state index contributed by atoms with van der Waals surface area (Å²) >= 11 is 0. The summed E-state index contributed by atoms with van der Waals surface area (Å²) in [6.45, 7) is 0. The summed E-state index contributed by atoms with van der Waals surface area (Å²) in [6, 6.07) is 18.1. The SMILES string of the molecule is [Fe].c1cc[c-](-c2cncnc2)c1.c1cc[cH-]c1. The molecule has 3 aromatic rings. The molecule has 0 bridgehead atoms. The summed E-state index contributed by atoms with van der Waals surface area (Å²) in [5, 5.41) is 0. The topological polar surface area (TPSA) is 25.8 Å². The molecule has 2 aromatic carbocycles. The number of rotatable bonds is 1. The second-order valence-corrected chi connectivity index (χ2v) is 3.26. The van der Waals surface area contributed by atoms with Crippen molar-refractivity contribution >= 4 is 0 Å². The minimum atomic E-state index is 0. The van der Waals surface area contributed by atoms with E-state index in [9.17, 15) is 0 Å². The van der Waals surface area contributed by atoms with Gasteiger partial charge in [-0.05, 0) is 12.4 Å². The number of nitrogens with zero attached hydrogens (tertiary/aromatic N) is 2. The predicted octanol–water partition coefficient (Wildman–Crippen LogP) is 3.27. The third-order valence-corrected chi connectivity index (χ3v) is 2.11. The molecule has 1 heterocycles. The van der Waals surface area contributed by atoms with Gasteiger partial charge >= 0.3 is 0 Å². The van der Waals surface area contributed by atoms with Gasteiger partial charge in [-0.2, -0.15) is 30.3 Å². The molecule has 0 amide bonds. The smallest absolute Gasteiger partial charge is 0.0975 e. The zero-order valence-corrected chi connectivity index (χ0v) is 10.3. The summed E-state index contributed by atoms with van der Waals surface area (Å²) in [5.41, 5.74) is 2.24. The van der Waals surface area contributed by atoms with Crippen LogP contribution in [-0.2, 0) is 17.1 Å². The molecule has 0 unspecified atom stereocenters. The Morgan fingerprint density at radius 1 is 0.882 bits per heavy atom. The normalized spacial score (nSPS) is 8.71. The van der Waals surface area contributed by atoms with Gasteiger partial charge in [-0.1, -0.05) is 11.1 Å². The minimum absolute atomic E-state index is 0. The third kappa shape index (κ3) is 4.35. The first-order valence-corrected chi connectivity index (χ1v) is 5.10. The zero-order chi connectivity index (χ0) is 11.1. The molecule has 0 radical (unpaired) electrons. The average molecular weight is 264 g/mol. The quantitative estimate of drug-likeness (QED) is 0.498. The molecule has 0 saturated carbocycles. The maximum absolute atomic E-state index is 3.93. The van der Waals surface area contributed by atoms with E-state index in [1.807, 2.05) is 67.0 Å². The van der Waals surface area contributed by atoms with Crippen molar-refractivity contribution in [2.45, 2.75) is 0 Å². The Bertz CT molecular complexity index is 455. The molecule has 17 heavy (non-hydrogen) atoms. The first kappa shape index (κ1) is 13.4. The Balaban J connectivity index is 0.000000205. The number of hydrogen-bond acceptors (Lipinski definition) is 2. The van der Waals surface area contributed by atoms with Gasteiger partial charge in [0.25, 0.3) is 0 Å². The molecule has 88 valence electrons. The Kier molecular flexibility index (Phi) is 5.94. The number of aromatic nitrogens is 2.